The molecule has 2 atom stereocenters. The van der Waals surface area contributed by atoms with Gasteiger partial charge in [0.1, 0.15) is 40.4 Å². The number of nitrogens with zero attached hydrogens (tertiary/aromatic N) is 2. The van der Waals surface area contributed by atoms with Crippen molar-refractivity contribution < 1.29 is 28.2 Å². The number of anilines is 1. The van der Waals surface area contributed by atoms with Crippen LogP contribution in [0.4, 0.5) is 13.9 Å². The Hall–Kier alpha value is -4.16. The van der Waals surface area contributed by atoms with Gasteiger partial charge in [0.15, 0.2) is 10.9 Å². The van der Waals surface area contributed by atoms with Gasteiger partial charge in [-0.2, -0.15) is 0 Å². The summed E-state index contributed by atoms with van der Waals surface area (Å²) in [4.78, 5) is 34.3. The fourth-order valence-electron chi connectivity index (χ4n) is 5.07. The van der Waals surface area contributed by atoms with E-state index in [1.165, 1.54) is 30.3 Å². The molecule has 3 heterocycles. The molecule has 40 heavy (non-hydrogen) atoms. The molecular formula is C28H25F2N5O4S. The highest BCUT2D eigenvalue weighted by Gasteiger charge is 2.50. The van der Waals surface area contributed by atoms with E-state index in [0.717, 1.165) is 17.4 Å². The molecule has 12 heteroatoms. The Bertz CT molecular complexity index is 1690. The minimum atomic E-state index is -1.63. The highest BCUT2D eigenvalue weighted by Crippen LogP contribution is 2.50. The number of halogens is 2. The minimum Gasteiger partial charge on any atom is -0.489 e. The van der Waals surface area contributed by atoms with Gasteiger partial charge in [0.05, 0.1) is 16.9 Å². The van der Waals surface area contributed by atoms with Gasteiger partial charge in [-0.15, -0.1) is 0 Å². The van der Waals surface area contributed by atoms with Crippen LogP contribution in [0.25, 0.3) is 21.5 Å². The number of aliphatic hydroxyl groups is 1. The first-order valence-corrected chi connectivity index (χ1v) is 13.4. The van der Waals surface area contributed by atoms with Crippen molar-refractivity contribution in [3.8, 4) is 17.0 Å². The van der Waals surface area contributed by atoms with Crippen LogP contribution in [0.2, 0.25) is 0 Å². The lowest BCUT2D eigenvalue weighted by Gasteiger charge is -2.30. The minimum absolute atomic E-state index is 0.0221. The summed E-state index contributed by atoms with van der Waals surface area (Å²) in [6.45, 7) is 1.39. The summed E-state index contributed by atoms with van der Waals surface area (Å²) < 4.78 is 34.6. The average Bonchev–Trinajstić information content (AvgIpc) is 3.63. The summed E-state index contributed by atoms with van der Waals surface area (Å²) in [5.41, 5.74) is 10.3. The Labute approximate surface area is 231 Å². The summed E-state index contributed by atoms with van der Waals surface area (Å²) in [5, 5.41) is 14.9. The molecule has 0 spiro atoms. The quantitative estimate of drug-likeness (QED) is 0.268. The average molecular weight is 566 g/mol. The maximum Gasteiger partial charge on any atom is 0.251 e. The number of pyridine rings is 1. The molecule has 2 aromatic carbocycles. The van der Waals surface area contributed by atoms with Crippen LogP contribution in [0.15, 0.2) is 42.5 Å². The Morgan fingerprint density at radius 3 is 2.60 bits per heavy atom. The third-order valence-electron chi connectivity index (χ3n) is 7.68. The lowest BCUT2D eigenvalue weighted by atomic mass is 9.81. The number of benzene rings is 2. The van der Waals surface area contributed by atoms with Crippen molar-refractivity contribution in [2.75, 3.05) is 18.9 Å². The number of fused-ring (bicyclic) bond motifs is 2. The van der Waals surface area contributed by atoms with Gasteiger partial charge in [0, 0.05) is 16.7 Å². The first kappa shape index (κ1) is 26.1. The van der Waals surface area contributed by atoms with Crippen molar-refractivity contribution in [1.29, 1.82) is 0 Å². The third-order valence-corrected chi connectivity index (χ3v) is 8.51. The molecule has 1 unspecified atom stereocenters. The van der Waals surface area contributed by atoms with E-state index in [4.69, 9.17) is 21.2 Å². The second-order valence-electron chi connectivity index (χ2n) is 10.5. The van der Waals surface area contributed by atoms with E-state index in [9.17, 15) is 23.5 Å². The molecule has 2 aromatic heterocycles. The molecular weight excluding hydrogens is 540 g/mol. The molecule has 1 saturated carbocycles. The zero-order valence-corrected chi connectivity index (χ0v) is 22.1. The van der Waals surface area contributed by atoms with Gasteiger partial charge in [-0.1, -0.05) is 11.3 Å². The number of rotatable bonds is 7. The van der Waals surface area contributed by atoms with Crippen LogP contribution in [0.1, 0.15) is 41.4 Å². The maximum absolute atomic E-state index is 14.6. The van der Waals surface area contributed by atoms with E-state index in [1.807, 2.05) is 0 Å². The molecule has 0 bridgehead atoms. The summed E-state index contributed by atoms with van der Waals surface area (Å²) in [6.07, 6.45) is 1.36. The molecule has 9 nitrogen and oxygen atoms in total. The van der Waals surface area contributed by atoms with Crippen LogP contribution >= 0.6 is 11.3 Å². The molecule has 1 aliphatic carbocycles. The number of ether oxygens (including phenoxy) is 1. The van der Waals surface area contributed by atoms with Crippen molar-refractivity contribution in [1.82, 2.24) is 15.3 Å². The van der Waals surface area contributed by atoms with E-state index in [1.54, 1.807) is 13.0 Å². The highest BCUT2D eigenvalue weighted by molar-refractivity contribution is 7.22. The first-order valence-electron chi connectivity index (χ1n) is 12.6. The monoisotopic (exact) mass is 565 g/mol. The number of carbonyl (C=O) groups excluding carboxylic acids is 2. The van der Waals surface area contributed by atoms with Crippen molar-refractivity contribution in [3.63, 3.8) is 0 Å². The predicted molar refractivity (Wildman–Crippen MR) is 145 cm³/mol. The van der Waals surface area contributed by atoms with Crippen LogP contribution in [0, 0.1) is 17.6 Å². The molecule has 6 rings (SSSR count). The Morgan fingerprint density at radius 2 is 1.93 bits per heavy atom. The van der Waals surface area contributed by atoms with Gasteiger partial charge >= 0.3 is 0 Å². The van der Waals surface area contributed by atoms with Crippen molar-refractivity contribution in [2.24, 2.45) is 11.7 Å². The number of primary amides is 1. The van der Waals surface area contributed by atoms with Gasteiger partial charge < -0.3 is 26.6 Å². The largest absolute Gasteiger partial charge is 0.489 e. The summed E-state index contributed by atoms with van der Waals surface area (Å²) in [7, 11) is 0. The standard InChI is InChI=1S/C28H25F2N5O4S/c1-27(25(31)37)12-39-23-17(27)10-20(34-21(23)13-2-6-16(29)7-3-13)28(38,15-4-5-15)11-33-24(36)14-8-18(30)22-19(9-14)40-26(32)35-22/h2-3,6-10,15,38H,4-5,11-12H2,1H3,(H2,31,37)(H2,32,35)(H,33,36)/t27-,28?/m0/s1. The Kier molecular flexibility index (Phi) is 6.00. The fraction of sp³-hybridized carbons (Fsp3) is 0.286. The van der Waals surface area contributed by atoms with Gasteiger partial charge in [0.2, 0.25) is 5.91 Å². The number of amides is 2. The number of hydrogen-bond acceptors (Lipinski definition) is 8. The normalized spacial score (nSPS) is 19.6. The van der Waals surface area contributed by atoms with Gasteiger partial charge in [-0.05, 0) is 68.1 Å². The Morgan fingerprint density at radius 1 is 1.20 bits per heavy atom. The van der Waals surface area contributed by atoms with E-state index in [0.29, 0.717) is 40.1 Å². The molecule has 206 valence electrons. The molecule has 6 N–H and O–H groups in total. The highest BCUT2D eigenvalue weighted by atomic mass is 32.1. The number of aromatic nitrogens is 2. The number of nitrogens with two attached hydrogens (primary N) is 2. The number of hydrogen-bond donors (Lipinski definition) is 4. The van der Waals surface area contributed by atoms with Gasteiger partial charge in [-0.25, -0.2) is 18.7 Å². The van der Waals surface area contributed by atoms with E-state index < -0.39 is 34.5 Å². The van der Waals surface area contributed by atoms with Crippen LogP contribution in [-0.2, 0) is 15.8 Å². The molecule has 1 fully saturated rings. The first-order chi connectivity index (χ1) is 19.0. The molecule has 0 saturated heterocycles. The van der Waals surface area contributed by atoms with Crippen molar-refractivity contribution >= 4 is 38.5 Å². The lowest BCUT2D eigenvalue weighted by molar-refractivity contribution is -0.123. The number of nitrogen functional groups attached to an aromatic ring is 1. The van der Waals surface area contributed by atoms with E-state index in [-0.39, 0.29) is 41.0 Å². The van der Waals surface area contributed by atoms with Gasteiger partial charge in [0.25, 0.3) is 5.91 Å². The van der Waals surface area contributed by atoms with E-state index in [2.05, 4.69) is 10.3 Å². The predicted octanol–water partition coefficient (Wildman–Crippen LogP) is 3.38. The topological polar surface area (TPSA) is 153 Å². The fourth-order valence-corrected chi connectivity index (χ4v) is 5.86. The lowest BCUT2D eigenvalue weighted by Crippen LogP contribution is -2.44. The number of nitrogens with one attached hydrogen (secondary N) is 1. The van der Waals surface area contributed by atoms with Crippen LogP contribution in [0.5, 0.6) is 5.75 Å². The van der Waals surface area contributed by atoms with Crippen molar-refractivity contribution in [3.05, 3.63) is 70.9 Å². The van der Waals surface area contributed by atoms with E-state index >= 15 is 0 Å². The summed E-state index contributed by atoms with van der Waals surface area (Å²) in [6, 6.07) is 9.77. The number of carbonyl (C=O) groups is 2. The van der Waals surface area contributed by atoms with Gasteiger partial charge in [-0.3, -0.25) is 9.59 Å². The second kappa shape index (κ2) is 9.20. The third kappa shape index (κ3) is 4.23. The smallest absolute Gasteiger partial charge is 0.251 e. The molecule has 1 aliphatic heterocycles. The van der Waals surface area contributed by atoms with Crippen LogP contribution in [0.3, 0.4) is 0 Å². The SMILES string of the molecule is C[C@]1(C(N)=O)COc2c1cc(C(O)(CNC(=O)c1cc(F)c3nc(N)sc3c1)C1CC1)nc2-c1ccc(F)cc1. The van der Waals surface area contributed by atoms with Crippen LogP contribution in [-0.4, -0.2) is 40.0 Å². The molecule has 4 aromatic rings. The molecule has 2 amide bonds. The zero-order valence-electron chi connectivity index (χ0n) is 21.3. The second-order valence-corrected chi connectivity index (χ2v) is 11.5. The van der Waals surface area contributed by atoms with Crippen LogP contribution < -0.4 is 21.5 Å². The molecule has 0 radical (unpaired) electrons. The summed E-state index contributed by atoms with van der Waals surface area (Å²) in [5.74, 6) is -2.24. The maximum atomic E-state index is 14.6. The zero-order chi connectivity index (χ0) is 28.4. The Balaban J connectivity index is 1.39. The summed E-state index contributed by atoms with van der Waals surface area (Å²) >= 11 is 1.06. The van der Waals surface area contributed by atoms with Crippen molar-refractivity contribution in [2.45, 2.75) is 30.8 Å². The number of thiazole rings is 1. The molecule has 2 aliphatic rings.